The van der Waals surface area contributed by atoms with Crippen molar-refractivity contribution in [2.45, 2.75) is 56.3 Å². The van der Waals surface area contributed by atoms with Gasteiger partial charge in [-0.3, -0.25) is 0 Å². The summed E-state index contributed by atoms with van der Waals surface area (Å²) in [5, 5.41) is 9.65. The highest BCUT2D eigenvalue weighted by Gasteiger charge is 2.47. The highest BCUT2D eigenvalue weighted by molar-refractivity contribution is 7.89. The summed E-state index contributed by atoms with van der Waals surface area (Å²) < 4.78 is 25.8. The molecule has 1 saturated heterocycles. The second-order valence-electron chi connectivity index (χ2n) is 5.15. The van der Waals surface area contributed by atoms with Crippen LogP contribution in [0.3, 0.4) is 0 Å². The predicted octanol–water partition coefficient (Wildman–Crippen LogP) is 1.11. The lowest BCUT2D eigenvalue weighted by Crippen LogP contribution is -2.64. The molecule has 0 amide bonds. The van der Waals surface area contributed by atoms with Crippen molar-refractivity contribution in [2.75, 3.05) is 13.1 Å². The number of aliphatic hydroxyl groups is 1. The molecule has 0 aromatic heterocycles. The molecule has 0 radical (unpaired) electrons. The summed E-state index contributed by atoms with van der Waals surface area (Å²) in [7, 11) is -3.13. The van der Waals surface area contributed by atoms with E-state index in [0.29, 0.717) is 19.5 Å². The van der Waals surface area contributed by atoms with Gasteiger partial charge in [-0.15, -0.1) is 0 Å². The molecule has 2 fully saturated rings. The Morgan fingerprint density at radius 2 is 1.81 bits per heavy atom. The van der Waals surface area contributed by atoms with Gasteiger partial charge in [-0.2, -0.15) is 4.31 Å². The number of hydrogen-bond acceptors (Lipinski definition) is 3. The lowest BCUT2D eigenvalue weighted by atomic mass is 9.94. The summed E-state index contributed by atoms with van der Waals surface area (Å²) in [6, 6.07) is 0. The number of hydrogen-bond donors (Lipinski definition) is 1. The Balaban J connectivity index is 1.99. The third-order valence-electron chi connectivity index (χ3n) is 3.93. The highest BCUT2D eigenvalue weighted by Crippen LogP contribution is 2.32. The molecule has 0 aromatic rings. The van der Waals surface area contributed by atoms with Crippen LogP contribution < -0.4 is 0 Å². The lowest BCUT2D eigenvalue weighted by molar-refractivity contribution is -0.0618. The fourth-order valence-electron chi connectivity index (χ4n) is 2.59. The maximum atomic E-state index is 12.2. The molecular weight excluding hydrogens is 226 g/mol. The first kappa shape index (κ1) is 12.3. The molecule has 2 rings (SSSR count). The maximum absolute atomic E-state index is 12.2. The summed E-state index contributed by atoms with van der Waals surface area (Å²) in [4.78, 5) is 0. The fourth-order valence-corrected chi connectivity index (χ4v) is 4.78. The van der Waals surface area contributed by atoms with E-state index in [1.807, 2.05) is 6.92 Å². The number of rotatable bonds is 3. The van der Waals surface area contributed by atoms with Gasteiger partial charge in [0.15, 0.2) is 0 Å². The first-order valence-electron chi connectivity index (χ1n) is 6.19. The molecule has 0 unspecified atom stereocenters. The van der Waals surface area contributed by atoms with E-state index in [4.69, 9.17) is 0 Å². The van der Waals surface area contributed by atoms with Crippen LogP contribution in [-0.4, -0.2) is 41.8 Å². The lowest BCUT2D eigenvalue weighted by Gasteiger charge is -2.46. The monoisotopic (exact) mass is 247 g/mol. The summed E-state index contributed by atoms with van der Waals surface area (Å²) in [5.74, 6) is 0. The van der Waals surface area contributed by atoms with Crippen molar-refractivity contribution in [3.05, 3.63) is 0 Å². The molecule has 0 aromatic carbocycles. The smallest absolute Gasteiger partial charge is 0.217 e. The zero-order valence-electron chi connectivity index (χ0n) is 9.85. The molecule has 0 spiro atoms. The van der Waals surface area contributed by atoms with Crippen LogP contribution in [0, 0.1) is 0 Å². The molecule has 94 valence electrons. The first-order valence-corrected chi connectivity index (χ1v) is 7.70. The van der Waals surface area contributed by atoms with Gasteiger partial charge in [-0.1, -0.05) is 26.2 Å². The molecule has 4 nitrogen and oxygen atoms in total. The van der Waals surface area contributed by atoms with E-state index in [0.717, 1.165) is 32.1 Å². The normalized spacial score (nSPS) is 27.6. The largest absolute Gasteiger partial charge is 0.387 e. The van der Waals surface area contributed by atoms with Crippen molar-refractivity contribution >= 4 is 10.0 Å². The average Bonchev–Trinajstić information content (AvgIpc) is 2.26. The molecule has 1 N–H and O–H groups in total. The summed E-state index contributed by atoms with van der Waals surface area (Å²) in [5.41, 5.74) is -0.762. The van der Waals surface area contributed by atoms with Crippen molar-refractivity contribution in [2.24, 2.45) is 0 Å². The van der Waals surface area contributed by atoms with E-state index >= 15 is 0 Å². The first-order chi connectivity index (χ1) is 7.48. The third kappa shape index (κ3) is 2.13. The van der Waals surface area contributed by atoms with E-state index in [2.05, 4.69) is 0 Å². The van der Waals surface area contributed by atoms with Crippen LogP contribution in [0.5, 0.6) is 0 Å². The second kappa shape index (κ2) is 4.27. The minimum atomic E-state index is -3.13. The van der Waals surface area contributed by atoms with Crippen LogP contribution in [0.4, 0.5) is 0 Å². The second-order valence-corrected chi connectivity index (χ2v) is 7.36. The molecule has 1 saturated carbocycles. The van der Waals surface area contributed by atoms with E-state index in [-0.39, 0.29) is 5.25 Å². The molecule has 2 aliphatic rings. The van der Waals surface area contributed by atoms with Crippen LogP contribution in [-0.2, 0) is 10.0 Å². The summed E-state index contributed by atoms with van der Waals surface area (Å²) in [6.45, 7) is 2.48. The SMILES string of the molecule is CCC1(O)CN(S(=O)(=O)C2CCCCC2)C1. The van der Waals surface area contributed by atoms with Crippen LogP contribution >= 0.6 is 0 Å². The Labute approximate surface area is 97.7 Å². The minimum absolute atomic E-state index is 0.192. The minimum Gasteiger partial charge on any atom is -0.387 e. The van der Waals surface area contributed by atoms with Gasteiger partial charge < -0.3 is 5.11 Å². The Morgan fingerprint density at radius 3 is 2.31 bits per heavy atom. The van der Waals surface area contributed by atoms with Gasteiger partial charge >= 0.3 is 0 Å². The predicted molar refractivity (Wildman–Crippen MR) is 62.6 cm³/mol. The summed E-state index contributed by atoms with van der Waals surface area (Å²) in [6.07, 6.45) is 5.42. The number of nitrogens with zero attached hydrogens (tertiary/aromatic N) is 1. The number of β-amino-alcohol motifs (C(OH)–C–C–N with tert-alkyl or cyclic N) is 1. The van der Waals surface area contributed by atoms with Crippen LogP contribution in [0.15, 0.2) is 0 Å². The molecule has 1 aliphatic carbocycles. The van der Waals surface area contributed by atoms with Crippen molar-refractivity contribution in [1.82, 2.24) is 4.31 Å². The average molecular weight is 247 g/mol. The molecule has 1 heterocycles. The van der Waals surface area contributed by atoms with Gasteiger partial charge in [0.05, 0.1) is 10.9 Å². The molecule has 1 aliphatic heterocycles. The van der Waals surface area contributed by atoms with Gasteiger partial charge in [0.25, 0.3) is 0 Å². The molecular formula is C11H21NO3S. The van der Waals surface area contributed by atoms with Crippen molar-refractivity contribution in [1.29, 1.82) is 0 Å². The highest BCUT2D eigenvalue weighted by atomic mass is 32.2. The van der Waals surface area contributed by atoms with Gasteiger partial charge in [0.1, 0.15) is 0 Å². The van der Waals surface area contributed by atoms with Crippen LogP contribution in [0.1, 0.15) is 45.4 Å². The quantitative estimate of drug-likeness (QED) is 0.812. The van der Waals surface area contributed by atoms with Crippen LogP contribution in [0.25, 0.3) is 0 Å². The Kier molecular flexibility index (Phi) is 3.29. The molecule has 0 bridgehead atoms. The zero-order valence-corrected chi connectivity index (χ0v) is 10.7. The van der Waals surface area contributed by atoms with Crippen molar-refractivity contribution in [3.8, 4) is 0 Å². The van der Waals surface area contributed by atoms with Gasteiger partial charge in [0.2, 0.25) is 10.0 Å². The zero-order chi connectivity index (χ0) is 11.8. The molecule has 5 heteroatoms. The van der Waals surface area contributed by atoms with Crippen molar-refractivity contribution < 1.29 is 13.5 Å². The third-order valence-corrected chi connectivity index (χ3v) is 6.22. The fraction of sp³-hybridized carbons (Fsp3) is 1.00. The van der Waals surface area contributed by atoms with E-state index in [1.54, 1.807) is 0 Å². The Morgan fingerprint density at radius 1 is 1.25 bits per heavy atom. The topological polar surface area (TPSA) is 57.6 Å². The Bertz CT molecular complexity index is 340. The van der Waals surface area contributed by atoms with E-state index < -0.39 is 15.6 Å². The van der Waals surface area contributed by atoms with E-state index in [9.17, 15) is 13.5 Å². The maximum Gasteiger partial charge on any atom is 0.217 e. The van der Waals surface area contributed by atoms with Gasteiger partial charge in [-0.05, 0) is 19.3 Å². The number of sulfonamides is 1. The van der Waals surface area contributed by atoms with Crippen molar-refractivity contribution in [3.63, 3.8) is 0 Å². The molecule has 0 atom stereocenters. The molecule has 16 heavy (non-hydrogen) atoms. The van der Waals surface area contributed by atoms with E-state index in [1.165, 1.54) is 4.31 Å². The van der Waals surface area contributed by atoms with Gasteiger partial charge in [-0.25, -0.2) is 8.42 Å². The Hall–Kier alpha value is -0.130. The van der Waals surface area contributed by atoms with Crippen LogP contribution in [0.2, 0.25) is 0 Å². The standard InChI is InChI=1S/C11H21NO3S/c1-2-11(13)8-12(9-11)16(14,15)10-6-4-3-5-7-10/h10,13H,2-9H2,1H3. The van der Waals surface area contributed by atoms with Gasteiger partial charge in [0, 0.05) is 13.1 Å². The summed E-state index contributed by atoms with van der Waals surface area (Å²) >= 11 is 0.